The van der Waals surface area contributed by atoms with Crippen LogP contribution in [0.5, 0.6) is 0 Å². The summed E-state index contributed by atoms with van der Waals surface area (Å²) in [6, 6.07) is 5.99. The van der Waals surface area contributed by atoms with Gasteiger partial charge in [0.1, 0.15) is 4.90 Å². The number of benzene rings is 1. The fourth-order valence-corrected chi connectivity index (χ4v) is 3.98. The zero-order chi connectivity index (χ0) is 14.3. The third-order valence-corrected chi connectivity index (χ3v) is 5.38. The van der Waals surface area contributed by atoms with E-state index in [4.69, 9.17) is 4.74 Å². The Morgan fingerprint density at radius 3 is 2.75 bits per heavy atom. The van der Waals surface area contributed by atoms with Crippen molar-refractivity contribution in [3.8, 4) is 0 Å². The van der Waals surface area contributed by atoms with Crippen molar-refractivity contribution in [2.45, 2.75) is 11.3 Å². The van der Waals surface area contributed by atoms with Gasteiger partial charge in [-0.15, -0.1) is 0 Å². The summed E-state index contributed by atoms with van der Waals surface area (Å²) in [5, 5.41) is 0. The maximum atomic E-state index is 12.3. The molecule has 106 valence electrons. The highest BCUT2D eigenvalue weighted by molar-refractivity contribution is 7.90. The van der Waals surface area contributed by atoms with Gasteiger partial charge in [0.25, 0.3) is 15.9 Å². The molecule has 0 aliphatic carbocycles. The number of nitrogens with zero attached hydrogens (tertiary/aromatic N) is 1. The number of hydrogen-bond donors (Lipinski definition) is 0. The van der Waals surface area contributed by atoms with Crippen LogP contribution in [-0.4, -0.2) is 44.2 Å². The van der Waals surface area contributed by atoms with Crippen LogP contribution in [-0.2, 0) is 19.6 Å². The van der Waals surface area contributed by atoms with Gasteiger partial charge in [0.15, 0.2) is 5.78 Å². The Bertz CT molecular complexity index is 676. The molecule has 2 aliphatic heterocycles. The van der Waals surface area contributed by atoms with E-state index in [1.165, 1.54) is 12.1 Å². The van der Waals surface area contributed by atoms with Gasteiger partial charge in [0, 0.05) is 12.5 Å². The number of carbonyl (C=O) groups is 2. The molecular formula is C13H13NO5S. The number of carbonyl (C=O) groups excluding carboxylic acids is 2. The van der Waals surface area contributed by atoms with Crippen molar-refractivity contribution in [1.82, 2.24) is 4.31 Å². The highest BCUT2D eigenvalue weighted by Gasteiger charge is 2.42. The third-order valence-electron chi connectivity index (χ3n) is 3.60. The number of fused-ring (bicyclic) bond motifs is 1. The summed E-state index contributed by atoms with van der Waals surface area (Å²) in [5.74, 6) is -1.22. The number of ether oxygens (including phenoxy) is 1. The van der Waals surface area contributed by atoms with Crippen LogP contribution < -0.4 is 0 Å². The minimum Gasteiger partial charge on any atom is -0.381 e. The van der Waals surface area contributed by atoms with Crippen molar-refractivity contribution in [2.75, 3.05) is 19.8 Å². The summed E-state index contributed by atoms with van der Waals surface area (Å²) >= 11 is 0. The van der Waals surface area contributed by atoms with E-state index < -0.39 is 22.5 Å². The molecule has 1 aromatic rings. The number of hydrogen-bond acceptors (Lipinski definition) is 5. The van der Waals surface area contributed by atoms with Gasteiger partial charge in [-0.05, 0) is 18.6 Å². The average Bonchev–Trinajstić information content (AvgIpc) is 3.02. The van der Waals surface area contributed by atoms with E-state index in [0.29, 0.717) is 23.9 Å². The lowest BCUT2D eigenvalue weighted by Crippen LogP contribution is -2.37. The molecule has 0 bridgehead atoms. The van der Waals surface area contributed by atoms with Crippen molar-refractivity contribution in [1.29, 1.82) is 0 Å². The summed E-state index contributed by atoms with van der Waals surface area (Å²) in [6.07, 6.45) is 0.577. The highest BCUT2D eigenvalue weighted by Crippen LogP contribution is 2.30. The lowest BCUT2D eigenvalue weighted by molar-refractivity contribution is -0.122. The molecule has 6 nitrogen and oxygen atoms in total. The van der Waals surface area contributed by atoms with Crippen LogP contribution in [0.15, 0.2) is 29.2 Å². The molecule has 1 amide bonds. The van der Waals surface area contributed by atoms with E-state index >= 15 is 0 Å². The molecule has 0 spiro atoms. The Hall–Kier alpha value is -1.73. The first-order chi connectivity index (χ1) is 9.51. The van der Waals surface area contributed by atoms with Gasteiger partial charge in [0.2, 0.25) is 0 Å². The molecule has 1 aromatic carbocycles. The van der Waals surface area contributed by atoms with Crippen LogP contribution in [0.2, 0.25) is 0 Å². The molecule has 1 fully saturated rings. The largest absolute Gasteiger partial charge is 0.381 e. The Morgan fingerprint density at radius 1 is 1.35 bits per heavy atom. The summed E-state index contributed by atoms with van der Waals surface area (Å²) in [6.45, 7) is 0.384. The molecule has 2 heterocycles. The number of ketones is 1. The van der Waals surface area contributed by atoms with Gasteiger partial charge in [-0.3, -0.25) is 9.59 Å². The molecule has 2 aliphatic rings. The van der Waals surface area contributed by atoms with Gasteiger partial charge in [0.05, 0.1) is 18.7 Å². The standard InChI is InChI=1S/C13H13NO5S/c15-11(9-5-6-19-8-9)7-14-13(16)10-3-1-2-4-12(10)20(14,17)18/h1-4,9H,5-8H2. The highest BCUT2D eigenvalue weighted by atomic mass is 32.2. The Labute approximate surface area is 116 Å². The van der Waals surface area contributed by atoms with E-state index in [1.807, 2.05) is 0 Å². The molecule has 7 heteroatoms. The molecule has 1 saturated heterocycles. The lowest BCUT2D eigenvalue weighted by Gasteiger charge is -2.16. The molecule has 0 N–H and O–H groups in total. The second-order valence-electron chi connectivity index (χ2n) is 4.84. The molecule has 3 rings (SSSR count). The number of amides is 1. The molecule has 1 unspecified atom stereocenters. The first-order valence-corrected chi connectivity index (χ1v) is 7.72. The van der Waals surface area contributed by atoms with Crippen LogP contribution >= 0.6 is 0 Å². The fourth-order valence-electron chi connectivity index (χ4n) is 2.45. The zero-order valence-corrected chi connectivity index (χ0v) is 11.4. The van der Waals surface area contributed by atoms with E-state index in [0.717, 1.165) is 0 Å². The molecule has 20 heavy (non-hydrogen) atoms. The number of Topliss-reactive ketones (excluding diaryl/α,β-unsaturated/α-hetero) is 1. The SMILES string of the molecule is O=C(CN1C(=O)c2ccccc2S1(=O)=O)C1CCOC1. The van der Waals surface area contributed by atoms with E-state index in [2.05, 4.69) is 0 Å². The van der Waals surface area contributed by atoms with Crippen LogP contribution in [0.25, 0.3) is 0 Å². The van der Waals surface area contributed by atoms with Crippen molar-refractivity contribution in [3.63, 3.8) is 0 Å². The second kappa shape index (κ2) is 4.68. The Kier molecular flexibility index (Phi) is 3.10. The zero-order valence-electron chi connectivity index (χ0n) is 10.6. The van der Waals surface area contributed by atoms with Crippen LogP contribution in [0, 0.1) is 5.92 Å². The maximum Gasteiger partial charge on any atom is 0.269 e. The predicted octanol–water partition coefficient (Wildman–Crippen LogP) is 0.437. The van der Waals surface area contributed by atoms with Crippen LogP contribution in [0.3, 0.4) is 0 Å². The van der Waals surface area contributed by atoms with Gasteiger partial charge >= 0.3 is 0 Å². The average molecular weight is 295 g/mol. The van der Waals surface area contributed by atoms with Gasteiger partial charge in [-0.2, -0.15) is 0 Å². The minimum absolute atomic E-state index is 0.0273. The van der Waals surface area contributed by atoms with Gasteiger partial charge in [-0.25, -0.2) is 12.7 Å². The predicted molar refractivity (Wildman–Crippen MR) is 68.6 cm³/mol. The first-order valence-electron chi connectivity index (χ1n) is 6.28. The van der Waals surface area contributed by atoms with Crippen molar-refractivity contribution < 1.29 is 22.7 Å². The number of rotatable bonds is 3. The maximum absolute atomic E-state index is 12.3. The quantitative estimate of drug-likeness (QED) is 0.808. The van der Waals surface area contributed by atoms with E-state index in [-0.39, 0.29) is 22.2 Å². The molecule has 1 atom stereocenters. The topological polar surface area (TPSA) is 80.8 Å². The summed E-state index contributed by atoms with van der Waals surface area (Å²) < 4.78 is 30.3. The molecule has 0 aromatic heterocycles. The smallest absolute Gasteiger partial charge is 0.269 e. The summed E-state index contributed by atoms with van der Waals surface area (Å²) in [5.41, 5.74) is 0.128. The molecular weight excluding hydrogens is 282 g/mol. The van der Waals surface area contributed by atoms with Crippen molar-refractivity contribution in [2.24, 2.45) is 5.92 Å². The monoisotopic (exact) mass is 295 g/mol. The first kappa shape index (κ1) is 13.3. The Morgan fingerprint density at radius 2 is 2.10 bits per heavy atom. The Balaban J connectivity index is 1.88. The van der Waals surface area contributed by atoms with E-state index in [1.54, 1.807) is 12.1 Å². The van der Waals surface area contributed by atoms with E-state index in [9.17, 15) is 18.0 Å². The molecule has 0 radical (unpaired) electrons. The fraction of sp³-hybridized carbons (Fsp3) is 0.385. The van der Waals surface area contributed by atoms with Crippen molar-refractivity contribution in [3.05, 3.63) is 29.8 Å². The number of sulfonamides is 1. The lowest BCUT2D eigenvalue weighted by atomic mass is 10.0. The minimum atomic E-state index is -3.90. The summed E-state index contributed by atoms with van der Waals surface area (Å²) in [4.78, 5) is 24.1. The van der Waals surface area contributed by atoms with Gasteiger partial charge in [-0.1, -0.05) is 12.1 Å². The normalized spacial score (nSPS) is 23.9. The van der Waals surface area contributed by atoms with Crippen molar-refractivity contribution >= 4 is 21.7 Å². The third kappa shape index (κ3) is 1.94. The second-order valence-corrected chi connectivity index (χ2v) is 6.67. The summed E-state index contributed by atoms with van der Waals surface area (Å²) in [7, 11) is -3.90. The molecule has 0 saturated carbocycles. The van der Waals surface area contributed by atoms with Crippen LogP contribution in [0.1, 0.15) is 16.8 Å². The van der Waals surface area contributed by atoms with Crippen LogP contribution in [0.4, 0.5) is 0 Å². The van der Waals surface area contributed by atoms with Gasteiger partial charge < -0.3 is 4.74 Å².